The Morgan fingerprint density at radius 1 is 1.21 bits per heavy atom. The molecular formula is C11H6Cl2N4OS. The summed E-state index contributed by atoms with van der Waals surface area (Å²) in [5.74, 6) is 0. The number of fused-ring (bicyclic) bond motifs is 1. The molecule has 0 saturated carbocycles. The zero-order valence-electron chi connectivity index (χ0n) is 9.28. The van der Waals surface area contributed by atoms with Gasteiger partial charge in [0.1, 0.15) is 5.52 Å². The fourth-order valence-corrected chi connectivity index (χ4v) is 2.64. The first-order valence-electron chi connectivity index (χ1n) is 5.21. The molecule has 0 aliphatic heterocycles. The van der Waals surface area contributed by atoms with Gasteiger partial charge >= 0.3 is 0 Å². The fourth-order valence-electron chi connectivity index (χ4n) is 1.84. The first-order chi connectivity index (χ1) is 9.06. The zero-order chi connectivity index (χ0) is 13.6. The number of rotatable bonds is 1. The molecule has 0 spiro atoms. The molecule has 0 saturated heterocycles. The average Bonchev–Trinajstić information content (AvgIpc) is 2.76. The second-order valence-corrected chi connectivity index (χ2v) is 5.08. The minimum atomic E-state index is -0.318. The summed E-state index contributed by atoms with van der Waals surface area (Å²) in [4.78, 5) is 21.2. The van der Waals surface area contributed by atoms with Crippen molar-refractivity contribution in [1.82, 2.24) is 19.5 Å². The van der Waals surface area contributed by atoms with Crippen LogP contribution in [0.3, 0.4) is 0 Å². The Hall–Kier alpha value is -1.63. The van der Waals surface area contributed by atoms with E-state index < -0.39 is 0 Å². The van der Waals surface area contributed by atoms with E-state index in [2.05, 4.69) is 15.0 Å². The molecule has 0 amide bonds. The van der Waals surface area contributed by atoms with Crippen LogP contribution in [-0.2, 0) is 0 Å². The van der Waals surface area contributed by atoms with Gasteiger partial charge in [-0.15, -0.1) is 0 Å². The minimum absolute atomic E-state index is 0.225. The lowest BCUT2D eigenvalue weighted by molar-refractivity contribution is 0.974. The van der Waals surface area contributed by atoms with Crippen molar-refractivity contribution in [2.24, 2.45) is 0 Å². The minimum Gasteiger partial charge on any atom is -0.339 e. The van der Waals surface area contributed by atoms with E-state index in [-0.39, 0.29) is 10.3 Å². The van der Waals surface area contributed by atoms with Crippen molar-refractivity contribution in [3.63, 3.8) is 0 Å². The first-order valence-corrected chi connectivity index (χ1v) is 6.37. The molecule has 1 aromatic carbocycles. The van der Waals surface area contributed by atoms with E-state index in [0.717, 1.165) is 0 Å². The Balaban J connectivity index is 2.45. The van der Waals surface area contributed by atoms with Crippen molar-refractivity contribution in [2.75, 3.05) is 0 Å². The van der Waals surface area contributed by atoms with Crippen LogP contribution in [0.4, 0.5) is 0 Å². The van der Waals surface area contributed by atoms with E-state index in [1.54, 1.807) is 22.8 Å². The number of benzene rings is 1. The topological polar surface area (TPSA) is 66.5 Å². The monoisotopic (exact) mass is 312 g/mol. The standard InChI is InChI=1S/C11H6Cl2N4OS/c12-5-1-6(13)3-7(2-5)17-9-8(14-4-15-9)10(18)16-11(17)19/h1-4H,(H,14,15)(H,16,18,19). The Morgan fingerprint density at radius 3 is 2.58 bits per heavy atom. The largest absolute Gasteiger partial charge is 0.339 e. The van der Waals surface area contributed by atoms with Crippen LogP contribution >= 0.6 is 35.4 Å². The van der Waals surface area contributed by atoms with E-state index in [0.29, 0.717) is 26.9 Å². The zero-order valence-corrected chi connectivity index (χ0v) is 11.6. The molecule has 0 atom stereocenters. The molecule has 96 valence electrons. The highest BCUT2D eigenvalue weighted by Gasteiger charge is 2.10. The highest BCUT2D eigenvalue weighted by Crippen LogP contribution is 2.23. The summed E-state index contributed by atoms with van der Waals surface area (Å²) < 4.78 is 1.82. The van der Waals surface area contributed by atoms with Crippen LogP contribution < -0.4 is 5.56 Å². The molecule has 0 fully saturated rings. The number of H-pyrrole nitrogens is 2. The molecule has 0 aliphatic carbocycles. The van der Waals surface area contributed by atoms with Crippen LogP contribution in [0.2, 0.25) is 10.0 Å². The van der Waals surface area contributed by atoms with Gasteiger partial charge in [0.05, 0.1) is 12.0 Å². The summed E-state index contributed by atoms with van der Waals surface area (Å²) in [6.45, 7) is 0. The maximum atomic E-state index is 11.7. The molecule has 0 radical (unpaired) electrons. The van der Waals surface area contributed by atoms with E-state index in [1.807, 2.05) is 0 Å². The molecule has 0 aliphatic rings. The number of nitrogens with one attached hydrogen (secondary N) is 2. The number of hydrogen-bond acceptors (Lipinski definition) is 3. The van der Waals surface area contributed by atoms with Crippen molar-refractivity contribution in [3.05, 3.63) is 49.7 Å². The van der Waals surface area contributed by atoms with Gasteiger partial charge in [-0.25, -0.2) is 4.98 Å². The Morgan fingerprint density at radius 2 is 1.89 bits per heavy atom. The van der Waals surface area contributed by atoms with Crippen molar-refractivity contribution in [2.45, 2.75) is 0 Å². The van der Waals surface area contributed by atoms with E-state index in [1.165, 1.54) is 6.33 Å². The van der Waals surface area contributed by atoms with Crippen molar-refractivity contribution in [3.8, 4) is 5.69 Å². The quantitative estimate of drug-likeness (QED) is 0.679. The van der Waals surface area contributed by atoms with E-state index in [4.69, 9.17) is 35.4 Å². The van der Waals surface area contributed by atoms with Crippen LogP contribution in [0.25, 0.3) is 16.9 Å². The summed E-state index contributed by atoms with van der Waals surface area (Å²) in [5.41, 5.74) is 1.08. The van der Waals surface area contributed by atoms with Gasteiger partial charge in [-0.2, -0.15) is 0 Å². The molecule has 5 nitrogen and oxygen atoms in total. The van der Waals surface area contributed by atoms with Crippen molar-refractivity contribution in [1.29, 1.82) is 0 Å². The molecule has 2 heterocycles. The molecule has 0 bridgehead atoms. The predicted octanol–water partition coefficient (Wildman–Crippen LogP) is 3.08. The lowest BCUT2D eigenvalue weighted by Gasteiger charge is -2.08. The normalized spacial score (nSPS) is 11.1. The smallest absolute Gasteiger partial charge is 0.277 e. The van der Waals surface area contributed by atoms with Gasteiger partial charge in [0.25, 0.3) is 5.56 Å². The van der Waals surface area contributed by atoms with Crippen molar-refractivity contribution >= 4 is 46.6 Å². The van der Waals surface area contributed by atoms with Gasteiger partial charge in [-0.1, -0.05) is 23.2 Å². The number of aromatic nitrogens is 4. The lowest BCUT2D eigenvalue weighted by atomic mass is 10.3. The maximum absolute atomic E-state index is 11.7. The molecule has 19 heavy (non-hydrogen) atoms. The third-order valence-corrected chi connectivity index (χ3v) is 3.31. The Kier molecular flexibility index (Phi) is 2.93. The second kappa shape index (κ2) is 4.48. The summed E-state index contributed by atoms with van der Waals surface area (Å²) in [7, 11) is 0. The molecule has 2 aromatic heterocycles. The van der Waals surface area contributed by atoms with Crippen LogP contribution in [0, 0.1) is 4.77 Å². The SMILES string of the molecule is O=c1[nH]c(=S)n(-c2cc(Cl)cc(Cl)c2)c2nc[nH]c12. The highest BCUT2D eigenvalue weighted by molar-refractivity contribution is 7.71. The molecule has 0 unspecified atom stereocenters. The number of imidazole rings is 1. The predicted molar refractivity (Wildman–Crippen MR) is 76.9 cm³/mol. The van der Waals surface area contributed by atoms with Crippen LogP contribution in [0.15, 0.2) is 29.3 Å². The fraction of sp³-hybridized carbons (Fsp3) is 0. The number of aromatic amines is 2. The molecule has 3 aromatic rings. The van der Waals surface area contributed by atoms with Gasteiger partial charge in [-0.05, 0) is 30.4 Å². The third-order valence-electron chi connectivity index (χ3n) is 2.59. The number of nitrogens with zero attached hydrogens (tertiary/aromatic N) is 2. The molecular weight excluding hydrogens is 307 g/mol. The summed E-state index contributed by atoms with van der Waals surface area (Å²) in [6.07, 6.45) is 1.43. The highest BCUT2D eigenvalue weighted by atomic mass is 35.5. The second-order valence-electron chi connectivity index (χ2n) is 3.82. The van der Waals surface area contributed by atoms with Gasteiger partial charge < -0.3 is 4.98 Å². The third kappa shape index (κ3) is 2.07. The average molecular weight is 313 g/mol. The van der Waals surface area contributed by atoms with Gasteiger partial charge in [0.2, 0.25) is 0 Å². The molecule has 2 N–H and O–H groups in total. The van der Waals surface area contributed by atoms with E-state index >= 15 is 0 Å². The van der Waals surface area contributed by atoms with Crippen molar-refractivity contribution < 1.29 is 0 Å². The van der Waals surface area contributed by atoms with Gasteiger partial charge in [0.15, 0.2) is 10.4 Å². The Bertz CT molecular complexity index is 875. The summed E-state index contributed by atoms with van der Waals surface area (Å²) in [5, 5.41) is 0.943. The molecule has 8 heteroatoms. The maximum Gasteiger partial charge on any atom is 0.277 e. The number of hydrogen-bond donors (Lipinski definition) is 2. The van der Waals surface area contributed by atoms with Gasteiger partial charge in [-0.3, -0.25) is 14.3 Å². The molecule has 3 rings (SSSR count). The van der Waals surface area contributed by atoms with Crippen LogP contribution in [0.1, 0.15) is 0 Å². The first kappa shape index (κ1) is 12.4. The van der Waals surface area contributed by atoms with Crippen LogP contribution in [0.5, 0.6) is 0 Å². The van der Waals surface area contributed by atoms with Crippen LogP contribution in [-0.4, -0.2) is 19.5 Å². The number of halogens is 2. The van der Waals surface area contributed by atoms with E-state index in [9.17, 15) is 4.79 Å². The summed E-state index contributed by atoms with van der Waals surface area (Å²) >= 11 is 17.1. The van der Waals surface area contributed by atoms with Gasteiger partial charge in [0, 0.05) is 10.0 Å². The summed E-state index contributed by atoms with van der Waals surface area (Å²) in [6, 6.07) is 5.00. The Labute approximate surface area is 121 Å². The lowest BCUT2D eigenvalue weighted by Crippen LogP contribution is -2.13.